The first-order chi connectivity index (χ1) is 16.6. The number of hydrogen-bond acceptors (Lipinski definition) is 6. The second kappa shape index (κ2) is 9.75. The van der Waals surface area contributed by atoms with Gasteiger partial charge in [-0.05, 0) is 29.7 Å². The smallest absolute Gasteiger partial charge is 0.261 e. The van der Waals surface area contributed by atoms with Crippen LogP contribution in [0, 0.1) is 5.41 Å². The molecule has 0 saturated carbocycles. The van der Waals surface area contributed by atoms with Gasteiger partial charge in [0.25, 0.3) is 5.91 Å². The second-order valence-corrected chi connectivity index (χ2v) is 9.61. The van der Waals surface area contributed by atoms with Crippen molar-refractivity contribution >= 4 is 34.7 Å². The molecule has 0 bridgehead atoms. The van der Waals surface area contributed by atoms with Crippen LogP contribution < -0.4 is 15.4 Å². The molecule has 0 aliphatic heterocycles. The minimum Gasteiger partial charge on any atom is -0.496 e. The Kier molecular flexibility index (Phi) is 6.74. The van der Waals surface area contributed by atoms with Crippen molar-refractivity contribution in [2.24, 2.45) is 5.41 Å². The van der Waals surface area contributed by atoms with Crippen molar-refractivity contribution in [3.8, 4) is 17.0 Å². The number of carbonyl (C=O) groups excluding carboxylic acids is 2. The van der Waals surface area contributed by atoms with Crippen molar-refractivity contribution in [3.05, 3.63) is 59.6 Å². The Morgan fingerprint density at radius 2 is 2.03 bits per heavy atom. The Balaban J connectivity index is 1.68. The quantitative estimate of drug-likeness (QED) is 0.404. The van der Waals surface area contributed by atoms with E-state index in [0.717, 1.165) is 0 Å². The van der Waals surface area contributed by atoms with E-state index in [1.165, 1.54) is 22.5 Å². The fourth-order valence-electron chi connectivity index (χ4n) is 3.40. The third-order valence-electron chi connectivity index (χ3n) is 5.07. The van der Waals surface area contributed by atoms with Gasteiger partial charge in [0.1, 0.15) is 23.6 Å². The van der Waals surface area contributed by atoms with Crippen LogP contribution >= 0.6 is 11.6 Å². The minimum atomic E-state index is -0.419. The molecule has 2 N–H and O–H groups in total. The Labute approximate surface area is 207 Å². The lowest BCUT2D eigenvalue weighted by atomic mass is 9.97. The molecule has 0 fully saturated rings. The molecule has 3 aromatic heterocycles. The highest BCUT2D eigenvalue weighted by Gasteiger charge is 2.22. The number of benzene rings is 1. The van der Waals surface area contributed by atoms with Crippen LogP contribution in [0.25, 0.3) is 16.9 Å². The monoisotopic (exact) mass is 495 g/mol. The molecule has 2 amide bonds. The molecule has 0 unspecified atom stereocenters. The molecule has 0 spiro atoms. The molecule has 10 nitrogen and oxygen atoms in total. The van der Waals surface area contributed by atoms with Gasteiger partial charge in [0.2, 0.25) is 5.91 Å². The van der Waals surface area contributed by atoms with Crippen molar-refractivity contribution in [1.29, 1.82) is 0 Å². The molecule has 4 aromatic rings. The van der Waals surface area contributed by atoms with Gasteiger partial charge in [0.15, 0.2) is 5.65 Å². The third-order valence-corrected chi connectivity index (χ3v) is 5.31. The number of fused-ring (bicyclic) bond motifs is 1. The van der Waals surface area contributed by atoms with E-state index in [1.54, 1.807) is 42.9 Å². The molecular formula is C24H26ClN7O3. The van der Waals surface area contributed by atoms with E-state index in [0.29, 0.717) is 45.5 Å². The van der Waals surface area contributed by atoms with E-state index < -0.39 is 5.91 Å². The van der Waals surface area contributed by atoms with E-state index in [4.69, 9.17) is 16.3 Å². The maximum atomic E-state index is 13.2. The largest absolute Gasteiger partial charge is 0.496 e. The van der Waals surface area contributed by atoms with E-state index in [-0.39, 0.29) is 17.9 Å². The summed E-state index contributed by atoms with van der Waals surface area (Å²) in [6, 6.07) is 6.83. The summed E-state index contributed by atoms with van der Waals surface area (Å²) in [6.07, 6.45) is 6.34. The lowest BCUT2D eigenvalue weighted by molar-refractivity contribution is -0.122. The molecule has 1 aromatic carbocycles. The van der Waals surface area contributed by atoms with Crippen LogP contribution in [-0.2, 0) is 11.3 Å². The van der Waals surface area contributed by atoms with Crippen LogP contribution in [0.1, 0.15) is 31.1 Å². The number of methoxy groups -OCH3 is 1. The fraction of sp³-hybridized carbons (Fsp3) is 0.292. The number of nitrogens with one attached hydrogen (secondary N) is 2. The summed E-state index contributed by atoms with van der Waals surface area (Å²) in [4.78, 5) is 29.9. The van der Waals surface area contributed by atoms with Gasteiger partial charge in [-0.2, -0.15) is 10.2 Å². The maximum absolute atomic E-state index is 13.2. The minimum absolute atomic E-state index is 0.0277. The number of aromatic nitrogens is 5. The van der Waals surface area contributed by atoms with Crippen LogP contribution in [0.5, 0.6) is 5.75 Å². The Hall–Kier alpha value is -3.92. The molecule has 0 aliphatic rings. The Morgan fingerprint density at radius 3 is 2.77 bits per heavy atom. The zero-order chi connectivity index (χ0) is 25.2. The first-order valence-electron chi connectivity index (χ1n) is 10.9. The van der Waals surface area contributed by atoms with E-state index in [2.05, 4.69) is 25.8 Å². The molecule has 35 heavy (non-hydrogen) atoms. The third kappa shape index (κ3) is 5.60. The van der Waals surface area contributed by atoms with Crippen molar-refractivity contribution in [1.82, 2.24) is 29.7 Å². The molecular weight excluding hydrogens is 470 g/mol. The van der Waals surface area contributed by atoms with Gasteiger partial charge in [-0.1, -0.05) is 32.4 Å². The number of amides is 2. The summed E-state index contributed by atoms with van der Waals surface area (Å²) in [6.45, 7) is 6.60. The van der Waals surface area contributed by atoms with Crippen LogP contribution in [-0.4, -0.2) is 49.8 Å². The number of carbonyl (C=O) groups is 2. The van der Waals surface area contributed by atoms with Gasteiger partial charge in [0.05, 0.1) is 19.0 Å². The van der Waals surface area contributed by atoms with Crippen LogP contribution in [0.2, 0.25) is 5.02 Å². The summed E-state index contributed by atoms with van der Waals surface area (Å²) < 4.78 is 8.47. The Bertz CT molecular complexity index is 1390. The van der Waals surface area contributed by atoms with E-state index in [1.807, 2.05) is 20.8 Å². The topological polar surface area (TPSA) is 115 Å². The summed E-state index contributed by atoms with van der Waals surface area (Å²) in [5, 5.41) is 15.0. The van der Waals surface area contributed by atoms with Gasteiger partial charge < -0.3 is 15.4 Å². The highest BCUT2D eigenvalue weighted by Crippen LogP contribution is 2.36. The zero-order valence-corrected chi connectivity index (χ0v) is 20.6. The van der Waals surface area contributed by atoms with Gasteiger partial charge in [-0.3, -0.25) is 14.3 Å². The maximum Gasteiger partial charge on any atom is 0.261 e. The van der Waals surface area contributed by atoms with E-state index >= 15 is 0 Å². The van der Waals surface area contributed by atoms with Crippen LogP contribution in [0.15, 0.2) is 49.1 Å². The number of hydrogen-bond donors (Lipinski definition) is 2. The first-order valence-corrected chi connectivity index (χ1v) is 11.3. The highest BCUT2D eigenvalue weighted by atomic mass is 35.5. The van der Waals surface area contributed by atoms with Crippen LogP contribution in [0.3, 0.4) is 0 Å². The highest BCUT2D eigenvalue weighted by molar-refractivity contribution is 6.31. The molecule has 11 heteroatoms. The van der Waals surface area contributed by atoms with Gasteiger partial charge in [0, 0.05) is 35.7 Å². The van der Waals surface area contributed by atoms with Gasteiger partial charge >= 0.3 is 0 Å². The number of anilines is 1. The number of nitrogens with zero attached hydrogens (tertiary/aromatic N) is 5. The van der Waals surface area contributed by atoms with Crippen molar-refractivity contribution < 1.29 is 14.3 Å². The molecule has 3 heterocycles. The van der Waals surface area contributed by atoms with Crippen molar-refractivity contribution in [2.75, 3.05) is 19.0 Å². The predicted octanol–water partition coefficient (Wildman–Crippen LogP) is 3.67. The summed E-state index contributed by atoms with van der Waals surface area (Å²) in [5.41, 5.74) is 2.02. The zero-order valence-electron chi connectivity index (χ0n) is 19.9. The van der Waals surface area contributed by atoms with Gasteiger partial charge in [-0.15, -0.1) is 0 Å². The standard InChI is InChI=1S/C24H26ClN7O3/c1-24(2,3)14-27-20(33)13-31-12-18(21(30-31)16-10-15(25)6-7-19(16)35-4)29-23(34)17-11-28-32-9-5-8-26-22(17)32/h5-12H,13-14H2,1-4H3,(H,27,33)(H,29,34). The lowest BCUT2D eigenvalue weighted by Gasteiger charge is -2.18. The number of halogens is 1. The fourth-order valence-corrected chi connectivity index (χ4v) is 3.57. The summed E-state index contributed by atoms with van der Waals surface area (Å²) in [7, 11) is 1.53. The SMILES string of the molecule is COc1ccc(Cl)cc1-c1nn(CC(=O)NCC(C)(C)C)cc1NC(=O)c1cnn2cccnc12. The summed E-state index contributed by atoms with van der Waals surface area (Å²) >= 11 is 6.24. The van der Waals surface area contributed by atoms with Crippen molar-refractivity contribution in [2.45, 2.75) is 27.3 Å². The average molecular weight is 496 g/mol. The lowest BCUT2D eigenvalue weighted by Crippen LogP contribution is -2.34. The molecule has 182 valence electrons. The predicted molar refractivity (Wildman–Crippen MR) is 133 cm³/mol. The first kappa shape index (κ1) is 24.2. The molecule has 0 radical (unpaired) electrons. The summed E-state index contributed by atoms with van der Waals surface area (Å²) in [5.74, 6) is -0.0978. The number of ether oxygens (including phenoxy) is 1. The molecule has 4 rings (SSSR count). The molecule has 0 atom stereocenters. The number of rotatable bonds is 7. The molecule has 0 aliphatic carbocycles. The average Bonchev–Trinajstić information content (AvgIpc) is 3.41. The normalized spacial score (nSPS) is 11.5. The van der Waals surface area contributed by atoms with E-state index in [9.17, 15) is 9.59 Å². The van der Waals surface area contributed by atoms with Gasteiger partial charge in [-0.25, -0.2) is 9.50 Å². The van der Waals surface area contributed by atoms with Crippen LogP contribution in [0.4, 0.5) is 5.69 Å². The molecule has 0 saturated heterocycles. The second-order valence-electron chi connectivity index (χ2n) is 9.17. The Morgan fingerprint density at radius 1 is 1.23 bits per heavy atom. The van der Waals surface area contributed by atoms with Crippen molar-refractivity contribution in [3.63, 3.8) is 0 Å².